The first-order valence-corrected chi connectivity index (χ1v) is 7.90. The molecule has 20 heavy (non-hydrogen) atoms. The van der Waals surface area contributed by atoms with Gasteiger partial charge in [0.05, 0.1) is 0 Å². The molecule has 3 unspecified atom stereocenters. The van der Waals surface area contributed by atoms with Gasteiger partial charge in [-0.2, -0.15) is 0 Å². The van der Waals surface area contributed by atoms with Crippen LogP contribution < -0.4 is 5.32 Å². The van der Waals surface area contributed by atoms with E-state index in [1.165, 1.54) is 0 Å². The number of amides is 2. The topological polar surface area (TPSA) is 49.4 Å². The molecule has 0 aliphatic carbocycles. The first-order valence-electron chi connectivity index (χ1n) is 7.90. The SMILES string of the molecule is CCCC(C)CN1C(=O)C(C(C)C)NC(=O)C1(C)CC. The van der Waals surface area contributed by atoms with E-state index in [1.807, 2.05) is 32.6 Å². The highest BCUT2D eigenvalue weighted by Gasteiger charge is 2.48. The second kappa shape index (κ2) is 6.59. The van der Waals surface area contributed by atoms with Crippen LogP contribution in [0, 0.1) is 11.8 Å². The number of nitrogens with one attached hydrogen (secondary N) is 1. The van der Waals surface area contributed by atoms with Crippen LogP contribution in [0.5, 0.6) is 0 Å². The summed E-state index contributed by atoms with van der Waals surface area (Å²) >= 11 is 0. The molecule has 0 bridgehead atoms. The van der Waals surface area contributed by atoms with E-state index >= 15 is 0 Å². The Kier molecular flexibility index (Phi) is 5.60. The van der Waals surface area contributed by atoms with Crippen molar-refractivity contribution in [3.8, 4) is 0 Å². The number of piperazine rings is 1. The predicted octanol–water partition coefficient (Wildman–Crippen LogP) is 2.57. The summed E-state index contributed by atoms with van der Waals surface area (Å²) in [4.78, 5) is 27.0. The summed E-state index contributed by atoms with van der Waals surface area (Å²) in [7, 11) is 0. The summed E-state index contributed by atoms with van der Waals surface area (Å²) in [5.74, 6) is 0.610. The van der Waals surface area contributed by atoms with Crippen LogP contribution in [-0.2, 0) is 9.59 Å². The molecule has 0 aromatic heterocycles. The summed E-state index contributed by atoms with van der Waals surface area (Å²) < 4.78 is 0. The highest BCUT2D eigenvalue weighted by Crippen LogP contribution is 2.28. The van der Waals surface area contributed by atoms with Crippen molar-refractivity contribution in [1.29, 1.82) is 0 Å². The minimum atomic E-state index is -0.704. The molecule has 1 saturated heterocycles. The van der Waals surface area contributed by atoms with Crippen LogP contribution in [0.4, 0.5) is 0 Å². The molecule has 4 heteroatoms. The van der Waals surface area contributed by atoms with E-state index < -0.39 is 5.54 Å². The normalized spacial score (nSPS) is 28.8. The van der Waals surface area contributed by atoms with Crippen LogP contribution in [0.3, 0.4) is 0 Å². The van der Waals surface area contributed by atoms with Gasteiger partial charge in [0, 0.05) is 6.54 Å². The fourth-order valence-electron chi connectivity index (χ4n) is 2.88. The van der Waals surface area contributed by atoms with E-state index in [9.17, 15) is 9.59 Å². The molecule has 1 heterocycles. The highest BCUT2D eigenvalue weighted by molar-refractivity contribution is 5.99. The van der Waals surface area contributed by atoms with E-state index in [0.717, 1.165) is 12.8 Å². The van der Waals surface area contributed by atoms with Crippen LogP contribution >= 0.6 is 0 Å². The van der Waals surface area contributed by atoms with E-state index in [-0.39, 0.29) is 23.8 Å². The second-order valence-electron chi connectivity index (χ2n) is 6.67. The van der Waals surface area contributed by atoms with Gasteiger partial charge >= 0.3 is 0 Å². The number of rotatable bonds is 6. The summed E-state index contributed by atoms with van der Waals surface area (Å²) in [6, 6.07) is -0.379. The van der Waals surface area contributed by atoms with Crippen LogP contribution in [0.25, 0.3) is 0 Å². The van der Waals surface area contributed by atoms with E-state index in [0.29, 0.717) is 18.9 Å². The second-order valence-corrected chi connectivity index (χ2v) is 6.67. The molecular formula is C16H30N2O2. The van der Waals surface area contributed by atoms with Crippen molar-refractivity contribution < 1.29 is 9.59 Å². The Morgan fingerprint density at radius 2 is 1.85 bits per heavy atom. The smallest absolute Gasteiger partial charge is 0.246 e. The Labute approximate surface area is 123 Å². The number of hydrogen-bond donors (Lipinski definition) is 1. The molecule has 0 spiro atoms. The van der Waals surface area contributed by atoms with Crippen LogP contribution in [-0.4, -0.2) is 34.8 Å². The Hall–Kier alpha value is -1.06. The summed E-state index contributed by atoms with van der Waals surface area (Å²) in [5, 5.41) is 2.91. The Balaban J connectivity index is 3.02. The van der Waals surface area contributed by atoms with Gasteiger partial charge in [0.15, 0.2) is 0 Å². The van der Waals surface area contributed by atoms with Gasteiger partial charge in [0.2, 0.25) is 11.8 Å². The first kappa shape index (κ1) is 17.0. The zero-order valence-electron chi connectivity index (χ0n) is 13.8. The molecule has 0 saturated carbocycles. The zero-order valence-corrected chi connectivity index (χ0v) is 13.8. The van der Waals surface area contributed by atoms with Gasteiger partial charge in [0.1, 0.15) is 11.6 Å². The molecule has 0 aromatic rings. The van der Waals surface area contributed by atoms with Crippen molar-refractivity contribution in [3.05, 3.63) is 0 Å². The number of carbonyl (C=O) groups excluding carboxylic acids is 2. The van der Waals surface area contributed by atoms with Crippen molar-refractivity contribution in [1.82, 2.24) is 10.2 Å². The first-order chi connectivity index (χ1) is 9.27. The Bertz CT molecular complexity index is 367. The third-order valence-electron chi connectivity index (χ3n) is 4.53. The predicted molar refractivity (Wildman–Crippen MR) is 81.2 cm³/mol. The Morgan fingerprint density at radius 3 is 2.30 bits per heavy atom. The molecule has 1 aliphatic rings. The fourth-order valence-corrected chi connectivity index (χ4v) is 2.88. The van der Waals surface area contributed by atoms with E-state index in [4.69, 9.17) is 0 Å². The summed E-state index contributed by atoms with van der Waals surface area (Å²) in [5.41, 5.74) is -0.704. The molecule has 2 amide bonds. The minimum absolute atomic E-state index is 0.0120. The summed E-state index contributed by atoms with van der Waals surface area (Å²) in [6.07, 6.45) is 2.83. The van der Waals surface area contributed by atoms with Gasteiger partial charge < -0.3 is 10.2 Å². The molecule has 1 fully saturated rings. The van der Waals surface area contributed by atoms with Gasteiger partial charge in [0.25, 0.3) is 0 Å². The largest absolute Gasteiger partial charge is 0.342 e. The van der Waals surface area contributed by atoms with Crippen molar-refractivity contribution in [2.24, 2.45) is 11.8 Å². The van der Waals surface area contributed by atoms with Gasteiger partial charge in [-0.3, -0.25) is 9.59 Å². The quantitative estimate of drug-likeness (QED) is 0.814. The van der Waals surface area contributed by atoms with Crippen LogP contribution in [0.1, 0.15) is 60.8 Å². The average Bonchev–Trinajstić information content (AvgIpc) is 2.38. The van der Waals surface area contributed by atoms with Gasteiger partial charge in [-0.1, -0.05) is 41.0 Å². The standard InChI is InChI=1S/C16H30N2O2/c1-7-9-12(5)10-18-14(19)13(11(3)4)17-15(20)16(18,6)8-2/h11-13H,7-10H2,1-6H3,(H,17,20). The lowest BCUT2D eigenvalue weighted by Gasteiger charge is -2.47. The molecule has 3 atom stereocenters. The van der Waals surface area contributed by atoms with Crippen LogP contribution in [0.2, 0.25) is 0 Å². The van der Waals surface area contributed by atoms with Gasteiger partial charge in [-0.05, 0) is 31.6 Å². The maximum Gasteiger partial charge on any atom is 0.246 e. The number of carbonyl (C=O) groups is 2. The molecule has 4 nitrogen and oxygen atoms in total. The van der Waals surface area contributed by atoms with E-state index in [1.54, 1.807) is 0 Å². The van der Waals surface area contributed by atoms with Crippen LogP contribution in [0.15, 0.2) is 0 Å². The number of nitrogens with zero attached hydrogens (tertiary/aromatic N) is 1. The molecule has 1 N–H and O–H groups in total. The lowest BCUT2D eigenvalue weighted by atomic mass is 9.86. The molecule has 0 aromatic carbocycles. The third-order valence-corrected chi connectivity index (χ3v) is 4.53. The average molecular weight is 282 g/mol. The molecular weight excluding hydrogens is 252 g/mol. The molecule has 1 rings (SSSR count). The van der Waals surface area contributed by atoms with Gasteiger partial charge in [-0.25, -0.2) is 0 Å². The van der Waals surface area contributed by atoms with Gasteiger partial charge in [-0.15, -0.1) is 0 Å². The highest BCUT2D eigenvalue weighted by atomic mass is 16.2. The molecule has 0 radical (unpaired) electrons. The molecule has 116 valence electrons. The number of hydrogen-bond acceptors (Lipinski definition) is 2. The monoisotopic (exact) mass is 282 g/mol. The maximum atomic E-state index is 12.7. The lowest BCUT2D eigenvalue weighted by molar-refractivity contribution is -0.158. The molecule has 1 aliphatic heterocycles. The zero-order chi connectivity index (χ0) is 15.5. The van der Waals surface area contributed by atoms with E-state index in [2.05, 4.69) is 19.2 Å². The lowest BCUT2D eigenvalue weighted by Crippen LogP contribution is -2.70. The van der Waals surface area contributed by atoms with Crippen molar-refractivity contribution in [2.75, 3.05) is 6.54 Å². The summed E-state index contributed by atoms with van der Waals surface area (Å²) in [6.45, 7) is 12.8. The third kappa shape index (κ3) is 3.15. The minimum Gasteiger partial charge on any atom is -0.342 e. The maximum absolute atomic E-state index is 12.7. The van der Waals surface area contributed by atoms with Crippen molar-refractivity contribution in [3.63, 3.8) is 0 Å². The van der Waals surface area contributed by atoms with Crippen molar-refractivity contribution in [2.45, 2.75) is 72.4 Å². The Morgan fingerprint density at radius 1 is 1.25 bits per heavy atom. The fraction of sp³-hybridized carbons (Fsp3) is 0.875. The van der Waals surface area contributed by atoms with Crippen molar-refractivity contribution >= 4 is 11.8 Å².